The van der Waals surface area contributed by atoms with Gasteiger partial charge in [0.15, 0.2) is 6.61 Å². The predicted molar refractivity (Wildman–Crippen MR) is 173 cm³/mol. The Morgan fingerprint density at radius 1 is 1.00 bits per heavy atom. The lowest BCUT2D eigenvalue weighted by atomic mass is 9.68. The standard InChI is InChI=1S/C33H26N4O8S2/c38-18-11-5-15(6-12-18)34-23(39)14-45-22-4-2-1-3-19(22)24-25-20-13-21(28(25)46-30-29(24)47-33(42)35-30)27-26(20)31(40)36(32(27)41)16-7-9-17(10-8-16)37(43)44/h1-12,20-21,24-28,38H,13-14H2,(H,34,39)(H,35,42)/t20?,21?,24-,25?,26?,27?,28?/m1/s1. The van der Waals surface area contributed by atoms with Crippen LogP contribution in [0.15, 0.2) is 82.6 Å². The number of ether oxygens (including phenoxy) is 1. The molecule has 47 heavy (non-hydrogen) atoms. The van der Waals surface area contributed by atoms with E-state index < -0.39 is 22.7 Å². The molecule has 2 aliphatic carbocycles. The summed E-state index contributed by atoms with van der Waals surface area (Å²) in [6, 6.07) is 19.0. The second-order valence-corrected chi connectivity index (χ2v) is 14.4. The van der Waals surface area contributed by atoms with Crippen LogP contribution in [0.2, 0.25) is 0 Å². The first-order valence-electron chi connectivity index (χ1n) is 15.0. The molecule has 2 aliphatic heterocycles. The molecule has 4 aromatic rings. The van der Waals surface area contributed by atoms with Crippen molar-refractivity contribution in [3.8, 4) is 11.5 Å². The first-order valence-corrected chi connectivity index (χ1v) is 16.7. The van der Waals surface area contributed by atoms with Crippen LogP contribution in [-0.4, -0.2) is 44.6 Å². The Morgan fingerprint density at radius 3 is 2.43 bits per heavy atom. The third-order valence-corrected chi connectivity index (χ3v) is 12.4. The molecular weight excluding hydrogens is 645 g/mol. The molecular formula is C33H26N4O8S2. The second-order valence-electron chi connectivity index (χ2n) is 12.2. The SMILES string of the molecule is O=C(COc1ccccc1[C@H]1c2sc(=O)[nH]c2SC2C3CC(C4C(=O)N(c5ccc([N+](=O)[O-])cc5)C(=O)C34)C21)Nc1ccc(O)cc1. The highest BCUT2D eigenvalue weighted by Crippen LogP contribution is 2.69. The zero-order valence-electron chi connectivity index (χ0n) is 24.4. The van der Waals surface area contributed by atoms with Crippen molar-refractivity contribution in [2.75, 3.05) is 16.8 Å². The highest BCUT2D eigenvalue weighted by molar-refractivity contribution is 8.00. The van der Waals surface area contributed by atoms with Gasteiger partial charge in [-0.05, 0) is 66.6 Å². The van der Waals surface area contributed by atoms with E-state index >= 15 is 0 Å². The van der Waals surface area contributed by atoms with Gasteiger partial charge < -0.3 is 20.1 Å². The number of H-pyrrole nitrogens is 1. The van der Waals surface area contributed by atoms with Gasteiger partial charge in [0.25, 0.3) is 11.6 Å². The molecule has 3 N–H and O–H groups in total. The summed E-state index contributed by atoms with van der Waals surface area (Å²) in [4.78, 5) is 68.8. The number of amides is 3. The van der Waals surface area contributed by atoms with Crippen molar-refractivity contribution >= 4 is 57.9 Å². The third-order valence-electron chi connectivity index (χ3n) is 9.81. The number of phenolic OH excluding ortho intramolecular Hbond substituents is 1. The molecule has 2 bridgehead atoms. The van der Waals surface area contributed by atoms with E-state index in [1.807, 2.05) is 18.2 Å². The summed E-state index contributed by atoms with van der Waals surface area (Å²) < 4.78 is 6.10. The van der Waals surface area contributed by atoms with E-state index in [0.29, 0.717) is 23.5 Å². The Hall–Kier alpha value is -4.95. The van der Waals surface area contributed by atoms with Crippen LogP contribution in [0.4, 0.5) is 17.1 Å². The summed E-state index contributed by atoms with van der Waals surface area (Å²) in [5.41, 5.74) is 1.50. The number of hydrogen-bond donors (Lipinski definition) is 3. The molecule has 0 spiro atoms. The quantitative estimate of drug-likeness (QED) is 0.109. The molecule has 8 rings (SSSR count). The Balaban J connectivity index is 1.11. The number of benzene rings is 3. The van der Waals surface area contributed by atoms with E-state index in [9.17, 15) is 34.4 Å². The predicted octanol–water partition coefficient (Wildman–Crippen LogP) is 4.75. The highest BCUT2D eigenvalue weighted by Gasteiger charge is 2.69. The van der Waals surface area contributed by atoms with Crippen molar-refractivity contribution < 1.29 is 29.2 Å². The molecule has 14 heteroatoms. The molecule has 1 aromatic heterocycles. The topological polar surface area (TPSA) is 172 Å². The molecule has 1 saturated heterocycles. The van der Waals surface area contributed by atoms with Crippen LogP contribution in [0.3, 0.4) is 0 Å². The van der Waals surface area contributed by atoms with Gasteiger partial charge in [-0.25, -0.2) is 0 Å². The van der Waals surface area contributed by atoms with Gasteiger partial charge in [-0.2, -0.15) is 0 Å². The van der Waals surface area contributed by atoms with E-state index in [1.54, 1.807) is 30.0 Å². The fraction of sp³-hybridized carbons (Fsp3) is 0.273. The minimum atomic E-state index is -0.548. The number of carbonyl (C=O) groups is 3. The third kappa shape index (κ3) is 4.73. The molecule has 0 radical (unpaired) electrons. The summed E-state index contributed by atoms with van der Waals surface area (Å²) >= 11 is 2.69. The van der Waals surface area contributed by atoms with E-state index in [1.165, 1.54) is 41.3 Å². The monoisotopic (exact) mass is 670 g/mol. The van der Waals surface area contributed by atoms with E-state index in [4.69, 9.17) is 4.74 Å². The van der Waals surface area contributed by atoms with Gasteiger partial charge in [-0.3, -0.25) is 34.2 Å². The highest BCUT2D eigenvalue weighted by atomic mass is 32.2. The van der Waals surface area contributed by atoms with Crippen LogP contribution in [0.1, 0.15) is 22.8 Å². The maximum atomic E-state index is 14.0. The first kappa shape index (κ1) is 29.5. The Kier molecular flexibility index (Phi) is 6.95. The van der Waals surface area contributed by atoms with Crippen LogP contribution >= 0.6 is 23.1 Å². The van der Waals surface area contributed by atoms with E-state index in [-0.39, 0.29) is 63.7 Å². The van der Waals surface area contributed by atoms with Crippen molar-refractivity contribution in [3.05, 3.63) is 103 Å². The number of non-ortho nitro benzene ring substituents is 1. The number of nitro benzene ring substituents is 1. The minimum absolute atomic E-state index is 0.0524. The average molecular weight is 671 g/mol. The fourth-order valence-corrected chi connectivity index (χ4v) is 11.0. The van der Waals surface area contributed by atoms with Crippen LogP contribution in [0.5, 0.6) is 11.5 Å². The lowest BCUT2D eigenvalue weighted by Gasteiger charge is -2.43. The van der Waals surface area contributed by atoms with Gasteiger partial charge in [0.2, 0.25) is 11.8 Å². The number of carbonyl (C=O) groups excluding carboxylic acids is 3. The molecule has 12 nitrogen and oxygen atoms in total. The Morgan fingerprint density at radius 2 is 1.70 bits per heavy atom. The lowest BCUT2D eigenvalue weighted by molar-refractivity contribution is -0.384. The van der Waals surface area contributed by atoms with E-state index in [0.717, 1.165) is 26.8 Å². The smallest absolute Gasteiger partial charge is 0.305 e. The molecule has 3 aromatic carbocycles. The number of thioether (sulfide) groups is 1. The molecule has 3 amide bonds. The fourth-order valence-electron chi connectivity index (χ4n) is 8.10. The molecule has 6 unspecified atom stereocenters. The number of aromatic nitrogens is 1. The molecule has 7 atom stereocenters. The van der Waals surface area contributed by atoms with Gasteiger partial charge in [-0.15, -0.1) is 11.8 Å². The van der Waals surface area contributed by atoms with Gasteiger partial charge in [0.05, 0.1) is 27.5 Å². The van der Waals surface area contributed by atoms with Gasteiger partial charge in [-0.1, -0.05) is 29.5 Å². The van der Waals surface area contributed by atoms with Crippen molar-refractivity contribution in [3.63, 3.8) is 0 Å². The first-order chi connectivity index (χ1) is 22.7. The average Bonchev–Trinajstić information content (AvgIpc) is 3.80. The number of fused-ring (bicyclic) bond motifs is 9. The zero-order valence-corrected chi connectivity index (χ0v) is 26.0. The van der Waals surface area contributed by atoms with Crippen LogP contribution in [-0.2, 0) is 14.4 Å². The number of rotatable bonds is 7. The molecule has 3 fully saturated rings. The number of anilines is 2. The van der Waals surface area contributed by atoms with Crippen molar-refractivity contribution in [2.24, 2.45) is 29.6 Å². The van der Waals surface area contributed by atoms with Gasteiger partial charge >= 0.3 is 4.87 Å². The number of aromatic hydroxyl groups is 1. The van der Waals surface area contributed by atoms with Crippen molar-refractivity contribution in [1.29, 1.82) is 0 Å². The Bertz CT molecular complexity index is 2010. The Labute approximate surface area is 274 Å². The van der Waals surface area contributed by atoms with Crippen molar-refractivity contribution in [1.82, 2.24) is 4.98 Å². The number of thiazole rings is 1. The summed E-state index contributed by atoms with van der Waals surface area (Å²) in [6.45, 7) is -0.280. The van der Waals surface area contributed by atoms with Crippen LogP contribution in [0, 0.1) is 39.7 Å². The van der Waals surface area contributed by atoms with Crippen LogP contribution < -0.4 is 19.8 Å². The molecule has 238 valence electrons. The minimum Gasteiger partial charge on any atom is -0.508 e. The van der Waals surface area contributed by atoms with E-state index in [2.05, 4.69) is 10.3 Å². The number of phenols is 1. The number of imide groups is 1. The van der Waals surface area contributed by atoms with Crippen LogP contribution in [0.25, 0.3) is 0 Å². The normalized spacial score (nSPS) is 26.9. The summed E-state index contributed by atoms with van der Waals surface area (Å²) in [7, 11) is 0. The van der Waals surface area contributed by atoms with Gasteiger partial charge in [0, 0.05) is 39.4 Å². The number of aromatic amines is 1. The largest absolute Gasteiger partial charge is 0.508 e. The number of hydrogen-bond acceptors (Lipinski definition) is 10. The summed E-state index contributed by atoms with van der Waals surface area (Å²) in [5, 5.41) is 24.1. The number of para-hydroxylation sites is 1. The molecule has 3 heterocycles. The maximum absolute atomic E-state index is 14.0. The lowest BCUT2D eigenvalue weighted by Crippen LogP contribution is -2.42. The maximum Gasteiger partial charge on any atom is 0.305 e. The second kappa shape index (κ2) is 11.1. The number of nitrogens with one attached hydrogen (secondary N) is 2. The zero-order chi connectivity index (χ0) is 32.6. The number of nitro groups is 1. The summed E-state index contributed by atoms with van der Waals surface area (Å²) in [6.07, 6.45) is 0.691. The van der Waals surface area contributed by atoms with Gasteiger partial charge in [0.1, 0.15) is 11.5 Å². The summed E-state index contributed by atoms with van der Waals surface area (Å²) in [5.74, 6) is -2.14. The number of nitrogens with zero attached hydrogens (tertiary/aromatic N) is 2. The molecule has 2 saturated carbocycles. The molecule has 4 aliphatic rings. The van der Waals surface area contributed by atoms with Crippen molar-refractivity contribution in [2.45, 2.75) is 22.6 Å².